The first-order valence-corrected chi connectivity index (χ1v) is 6.45. The van der Waals surface area contributed by atoms with Crippen molar-refractivity contribution in [1.82, 2.24) is 20.3 Å². The molecule has 2 aromatic rings. The second kappa shape index (κ2) is 6.85. The number of pyridine rings is 1. The summed E-state index contributed by atoms with van der Waals surface area (Å²) < 4.78 is 4.69. The number of imidazole rings is 1. The number of ether oxygens (including phenoxy) is 1. The van der Waals surface area contributed by atoms with Crippen LogP contribution in [-0.4, -0.2) is 40.0 Å². The number of esters is 1. The van der Waals surface area contributed by atoms with Crippen molar-refractivity contribution < 1.29 is 14.3 Å². The molecule has 7 nitrogen and oxygen atoms in total. The first kappa shape index (κ1) is 15.0. The Morgan fingerprint density at radius 1 is 1.52 bits per heavy atom. The Balaban J connectivity index is 2.11. The molecule has 8 heteroatoms. The van der Waals surface area contributed by atoms with Crippen molar-refractivity contribution in [2.75, 3.05) is 7.11 Å². The quantitative estimate of drug-likeness (QED) is 0.802. The van der Waals surface area contributed by atoms with E-state index in [1.165, 1.54) is 25.7 Å². The maximum atomic E-state index is 12.1. The van der Waals surface area contributed by atoms with Crippen LogP contribution >= 0.6 is 11.6 Å². The van der Waals surface area contributed by atoms with Gasteiger partial charge in [0.15, 0.2) is 0 Å². The number of aromatic nitrogens is 3. The summed E-state index contributed by atoms with van der Waals surface area (Å²) in [5.74, 6) is -1.06. The van der Waals surface area contributed by atoms with Crippen LogP contribution in [0.25, 0.3) is 0 Å². The molecule has 2 heterocycles. The lowest BCUT2D eigenvalue weighted by Crippen LogP contribution is -2.43. The molecule has 0 radical (unpaired) electrons. The van der Waals surface area contributed by atoms with Gasteiger partial charge in [-0.1, -0.05) is 11.6 Å². The molecule has 0 bridgehead atoms. The minimum atomic E-state index is -0.844. The summed E-state index contributed by atoms with van der Waals surface area (Å²) >= 11 is 5.81. The number of carbonyl (C=O) groups excluding carboxylic acids is 2. The minimum Gasteiger partial charge on any atom is -0.467 e. The smallest absolute Gasteiger partial charge is 0.328 e. The highest BCUT2D eigenvalue weighted by atomic mass is 35.5. The molecule has 0 unspecified atom stereocenters. The first-order chi connectivity index (χ1) is 10.1. The van der Waals surface area contributed by atoms with Crippen molar-refractivity contribution in [3.8, 4) is 0 Å². The number of amides is 1. The molecular weight excluding hydrogens is 296 g/mol. The Kier molecular flexibility index (Phi) is 4.89. The highest BCUT2D eigenvalue weighted by Gasteiger charge is 2.23. The highest BCUT2D eigenvalue weighted by Crippen LogP contribution is 2.09. The van der Waals surface area contributed by atoms with Gasteiger partial charge in [0.25, 0.3) is 5.91 Å². The molecule has 21 heavy (non-hydrogen) atoms. The molecule has 1 atom stereocenters. The summed E-state index contributed by atoms with van der Waals surface area (Å²) in [7, 11) is 1.26. The van der Waals surface area contributed by atoms with Gasteiger partial charge >= 0.3 is 5.97 Å². The van der Waals surface area contributed by atoms with Crippen molar-refractivity contribution >= 4 is 23.5 Å². The average molecular weight is 309 g/mol. The molecule has 1 amide bonds. The zero-order chi connectivity index (χ0) is 15.2. The van der Waals surface area contributed by atoms with Gasteiger partial charge in [-0.25, -0.2) is 9.78 Å². The van der Waals surface area contributed by atoms with E-state index in [9.17, 15) is 9.59 Å². The van der Waals surface area contributed by atoms with Gasteiger partial charge in [0, 0.05) is 29.5 Å². The maximum Gasteiger partial charge on any atom is 0.328 e. The molecule has 0 saturated heterocycles. The summed E-state index contributed by atoms with van der Waals surface area (Å²) in [5.41, 5.74) is 0.825. The third-order valence-corrected chi connectivity index (χ3v) is 2.96. The summed E-state index contributed by atoms with van der Waals surface area (Å²) in [5, 5.41) is 2.95. The number of halogens is 1. The van der Waals surface area contributed by atoms with E-state index >= 15 is 0 Å². The fourth-order valence-corrected chi connectivity index (χ4v) is 1.87. The predicted octanol–water partition coefficient (Wildman–Crippen LogP) is 0.972. The van der Waals surface area contributed by atoms with Crippen LogP contribution in [0.3, 0.4) is 0 Å². The van der Waals surface area contributed by atoms with E-state index in [-0.39, 0.29) is 12.1 Å². The van der Waals surface area contributed by atoms with Gasteiger partial charge in [-0.3, -0.25) is 9.78 Å². The lowest BCUT2D eigenvalue weighted by atomic mass is 10.1. The van der Waals surface area contributed by atoms with E-state index in [2.05, 4.69) is 25.0 Å². The molecular formula is C13H13ClN4O3. The maximum absolute atomic E-state index is 12.1. The van der Waals surface area contributed by atoms with Gasteiger partial charge in [-0.05, 0) is 12.1 Å². The van der Waals surface area contributed by atoms with E-state index in [1.807, 2.05) is 0 Å². The monoisotopic (exact) mass is 308 g/mol. The van der Waals surface area contributed by atoms with Crippen molar-refractivity contribution in [3.05, 3.63) is 47.3 Å². The number of rotatable bonds is 5. The van der Waals surface area contributed by atoms with Crippen LogP contribution in [0, 0.1) is 0 Å². The standard InChI is InChI=1S/C13H13ClN4O3/c1-21-13(20)11(5-9-6-15-7-17-9)18-12(19)10-4-8(14)2-3-16-10/h2-4,6-7,11H,5H2,1H3,(H,15,17)(H,18,19)/t11-/m0/s1. The number of nitrogens with one attached hydrogen (secondary N) is 2. The van der Waals surface area contributed by atoms with Gasteiger partial charge in [-0.2, -0.15) is 0 Å². The molecule has 0 fully saturated rings. The SMILES string of the molecule is COC(=O)[C@H](Cc1cnc[nH]1)NC(=O)c1cc(Cl)ccn1. The highest BCUT2D eigenvalue weighted by molar-refractivity contribution is 6.30. The Bertz CT molecular complexity index is 630. The van der Waals surface area contributed by atoms with Gasteiger partial charge in [0.2, 0.25) is 0 Å². The number of nitrogens with zero attached hydrogens (tertiary/aromatic N) is 2. The van der Waals surface area contributed by atoms with Crippen LogP contribution in [-0.2, 0) is 16.0 Å². The Labute approximate surface area is 125 Å². The molecule has 110 valence electrons. The van der Waals surface area contributed by atoms with E-state index in [0.717, 1.165) is 0 Å². The fraction of sp³-hybridized carbons (Fsp3) is 0.231. The predicted molar refractivity (Wildman–Crippen MR) is 74.8 cm³/mol. The van der Waals surface area contributed by atoms with Crippen LogP contribution in [0.15, 0.2) is 30.9 Å². The summed E-state index contributed by atoms with van der Waals surface area (Å²) in [6.07, 6.45) is 4.71. The zero-order valence-corrected chi connectivity index (χ0v) is 11.9. The van der Waals surface area contributed by atoms with Gasteiger partial charge < -0.3 is 15.0 Å². The number of hydrogen-bond donors (Lipinski definition) is 2. The van der Waals surface area contributed by atoms with Crippen LogP contribution in [0.1, 0.15) is 16.2 Å². The second-order valence-corrected chi connectivity index (χ2v) is 4.63. The molecule has 2 rings (SSSR count). The lowest BCUT2D eigenvalue weighted by Gasteiger charge is -2.15. The van der Waals surface area contributed by atoms with Gasteiger partial charge in [-0.15, -0.1) is 0 Å². The Morgan fingerprint density at radius 2 is 2.33 bits per heavy atom. The number of hydrogen-bond acceptors (Lipinski definition) is 5. The first-order valence-electron chi connectivity index (χ1n) is 6.07. The van der Waals surface area contributed by atoms with E-state index < -0.39 is 17.9 Å². The summed E-state index contributed by atoms with van der Waals surface area (Å²) in [6.45, 7) is 0. The molecule has 0 aliphatic carbocycles. The van der Waals surface area contributed by atoms with Crippen LogP contribution in [0.2, 0.25) is 5.02 Å². The number of aromatic amines is 1. The van der Waals surface area contributed by atoms with Crippen molar-refractivity contribution in [1.29, 1.82) is 0 Å². The van der Waals surface area contributed by atoms with E-state index in [0.29, 0.717) is 10.7 Å². The van der Waals surface area contributed by atoms with Crippen LogP contribution < -0.4 is 5.32 Å². The number of methoxy groups -OCH3 is 1. The van der Waals surface area contributed by atoms with Crippen molar-refractivity contribution in [2.45, 2.75) is 12.5 Å². The van der Waals surface area contributed by atoms with Crippen molar-refractivity contribution in [2.24, 2.45) is 0 Å². The average Bonchev–Trinajstić information content (AvgIpc) is 2.98. The Hall–Kier alpha value is -2.41. The van der Waals surface area contributed by atoms with Crippen LogP contribution in [0.5, 0.6) is 0 Å². The summed E-state index contributed by atoms with van der Waals surface area (Å²) in [4.78, 5) is 34.5. The molecule has 2 aromatic heterocycles. The second-order valence-electron chi connectivity index (χ2n) is 4.19. The zero-order valence-electron chi connectivity index (χ0n) is 11.2. The normalized spacial score (nSPS) is 11.7. The lowest BCUT2D eigenvalue weighted by molar-refractivity contribution is -0.142. The van der Waals surface area contributed by atoms with Crippen molar-refractivity contribution in [3.63, 3.8) is 0 Å². The third-order valence-electron chi connectivity index (χ3n) is 2.72. The molecule has 0 aliphatic rings. The molecule has 0 aromatic carbocycles. The van der Waals surface area contributed by atoms with Gasteiger partial charge in [0.05, 0.1) is 13.4 Å². The largest absolute Gasteiger partial charge is 0.467 e. The molecule has 2 N–H and O–H groups in total. The Morgan fingerprint density at radius 3 is 2.95 bits per heavy atom. The topological polar surface area (TPSA) is 97.0 Å². The minimum absolute atomic E-state index is 0.126. The fourth-order valence-electron chi connectivity index (χ4n) is 1.71. The van der Waals surface area contributed by atoms with E-state index in [4.69, 9.17) is 11.6 Å². The third kappa shape index (κ3) is 4.03. The number of H-pyrrole nitrogens is 1. The van der Waals surface area contributed by atoms with Gasteiger partial charge in [0.1, 0.15) is 11.7 Å². The van der Waals surface area contributed by atoms with E-state index in [1.54, 1.807) is 12.3 Å². The number of carbonyl (C=O) groups is 2. The summed E-state index contributed by atoms with van der Waals surface area (Å²) in [6, 6.07) is 2.13. The molecule has 0 saturated carbocycles. The molecule has 0 aliphatic heterocycles. The van der Waals surface area contributed by atoms with Crippen LogP contribution in [0.4, 0.5) is 0 Å². The molecule has 0 spiro atoms.